The Balaban J connectivity index is 2.36. The maximum Gasteiger partial charge on any atom is 0.132 e. The summed E-state index contributed by atoms with van der Waals surface area (Å²) in [6.45, 7) is 1.93. The lowest BCUT2D eigenvalue weighted by atomic mass is 10.2. The van der Waals surface area contributed by atoms with Crippen LogP contribution in [0.25, 0.3) is 16.7 Å². The lowest BCUT2D eigenvalue weighted by Crippen LogP contribution is -2.02. The molecule has 0 radical (unpaired) electrons. The largest absolute Gasteiger partial charge is 0.294 e. The quantitative estimate of drug-likeness (QED) is 0.367. The van der Waals surface area contributed by atoms with E-state index >= 15 is 0 Å². The van der Waals surface area contributed by atoms with E-state index in [0.717, 1.165) is 36.0 Å². The van der Waals surface area contributed by atoms with Crippen LogP contribution in [0.4, 0.5) is 0 Å². The van der Waals surface area contributed by atoms with E-state index in [0.29, 0.717) is 0 Å². The average Bonchev–Trinajstić information content (AvgIpc) is 2.77. The molecule has 3 aromatic rings. The van der Waals surface area contributed by atoms with Crippen molar-refractivity contribution in [3.63, 3.8) is 0 Å². The number of rotatable bonds is 2. The highest BCUT2D eigenvalue weighted by molar-refractivity contribution is 9.11. The van der Waals surface area contributed by atoms with Crippen LogP contribution in [0.2, 0.25) is 0 Å². The van der Waals surface area contributed by atoms with E-state index in [4.69, 9.17) is 11.6 Å². The Morgan fingerprint density at radius 2 is 1.71 bits per heavy atom. The van der Waals surface area contributed by atoms with Gasteiger partial charge in [-0.1, -0.05) is 31.9 Å². The Morgan fingerprint density at radius 3 is 2.38 bits per heavy atom. The average molecular weight is 493 g/mol. The Hall–Kier alpha value is -0.360. The van der Waals surface area contributed by atoms with Crippen LogP contribution in [-0.4, -0.2) is 9.55 Å². The van der Waals surface area contributed by atoms with Crippen LogP contribution >= 0.6 is 59.4 Å². The summed E-state index contributed by atoms with van der Waals surface area (Å²) in [6.07, 6.45) is 0. The molecule has 1 unspecified atom stereocenters. The molecule has 0 N–H and O–H groups in total. The molecule has 0 saturated carbocycles. The first-order valence-corrected chi connectivity index (χ1v) is 9.06. The third-order valence-electron chi connectivity index (χ3n) is 3.15. The van der Waals surface area contributed by atoms with Crippen molar-refractivity contribution < 1.29 is 0 Å². The zero-order valence-electron chi connectivity index (χ0n) is 10.9. The molecular weight excluding hydrogens is 483 g/mol. The summed E-state index contributed by atoms with van der Waals surface area (Å²) in [4.78, 5) is 4.68. The first-order valence-electron chi connectivity index (χ1n) is 6.25. The number of halogens is 4. The molecule has 2 aromatic carbocycles. The molecule has 21 heavy (non-hydrogen) atoms. The number of alkyl halides is 1. The maximum absolute atomic E-state index is 6.33. The van der Waals surface area contributed by atoms with Crippen molar-refractivity contribution in [2.45, 2.75) is 12.3 Å². The fourth-order valence-corrected chi connectivity index (χ4v) is 3.97. The molecule has 0 bridgehead atoms. The van der Waals surface area contributed by atoms with Gasteiger partial charge in [0.2, 0.25) is 0 Å². The number of hydrogen-bond donors (Lipinski definition) is 0. The molecule has 108 valence electrons. The molecule has 1 aromatic heterocycles. The van der Waals surface area contributed by atoms with E-state index in [2.05, 4.69) is 57.3 Å². The van der Waals surface area contributed by atoms with Gasteiger partial charge in [0.15, 0.2) is 0 Å². The molecule has 1 heterocycles. The minimum atomic E-state index is -0.188. The molecule has 1 atom stereocenters. The third-order valence-corrected chi connectivity index (χ3v) is 4.97. The van der Waals surface area contributed by atoms with Crippen molar-refractivity contribution in [1.82, 2.24) is 9.55 Å². The standard InChI is InChI=1S/C15H10Br3ClN2/c1-8(19)15-20-12-7-10(17)3-5-14(12)21(15)13-4-2-9(16)6-11(13)18/h2-8H,1H3. The second-order valence-corrected chi connectivity index (χ2v) is 7.99. The molecule has 6 heteroatoms. The molecule has 0 aliphatic carbocycles. The van der Waals surface area contributed by atoms with Crippen LogP contribution in [0, 0.1) is 0 Å². The van der Waals surface area contributed by atoms with Gasteiger partial charge in [0, 0.05) is 13.4 Å². The summed E-state index contributed by atoms with van der Waals surface area (Å²) in [7, 11) is 0. The number of hydrogen-bond acceptors (Lipinski definition) is 1. The van der Waals surface area contributed by atoms with Gasteiger partial charge in [-0.15, -0.1) is 11.6 Å². The third kappa shape index (κ3) is 2.93. The van der Waals surface area contributed by atoms with E-state index in [-0.39, 0.29) is 5.38 Å². The zero-order chi connectivity index (χ0) is 15.1. The number of fused-ring (bicyclic) bond motifs is 1. The lowest BCUT2D eigenvalue weighted by Gasteiger charge is -2.12. The van der Waals surface area contributed by atoms with E-state index in [1.165, 1.54) is 0 Å². The van der Waals surface area contributed by atoms with Crippen LogP contribution in [-0.2, 0) is 0 Å². The van der Waals surface area contributed by atoms with Gasteiger partial charge in [-0.25, -0.2) is 4.98 Å². The summed E-state index contributed by atoms with van der Waals surface area (Å²) < 4.78 is 5.10. The van der Waals surface area contributed by atoms with Crippen molar-refractivity contribution in [3.8, 4) is 5.69 Å². The normalized spacial score (nSPS) is 12.8. The van der Waals surface area contributed by atoms with Crippen molar-refractivity contribution >= 4 is 70.4 Å². The predicted octanol–water partition coefficient (Wildman–Crippen LogP) is 6.61. The lowest BCUT2D eigenvalue weighted by molar-refractivity contribution is 0.880. The van der Waals surface area contributed by atoms with Crippen molar-refractivity contribution in [2.24, 2.45) is 0 Å². The van der Waals surface area contributed by atoms with Crippen LogP contribution in [0.15, 0.2) is 49.8 Å². The molecular formula is C15H10Br3ClN2. The minimum absolute atomic E-state index is 0.188. The van der Waals surface area contributed by atoms with Crippen LogP contribution < -0.4 is 0 Å². The highest BCUT2D eigenvalue weighted by atomic mass is 79.9. The molecule has 0 spiro atoms. The summed E-state index contributed by atoms with van der Waals surface area (Å²) in [6, 6.07) is 12.1. The first-order chi connectivity index (χ1) is 9.97. The Kier molecular flexibility index (Phi) is 4.46. The van der Waals surface area contributed by atoms with E-state index in [9.17, 15) is 0 Å². The van der Waals surface area contributed by atoms with Crippen LogP contribution in [0.1, 0.15) is 18.1 Å². The highest BCUT2D eigenvalue weighted by Crippen LogP contribution is 2.33. The monoisotopic (exact) mass is 490 g/mol. The number of imidazole rings is 1. The highest BCUT2D eigenvalue weighted by Gasteiger charge is 2.18. The van der Waals surface area contributed by atoms with Crippen molar-refractivity contribution in [1.29, 1.82) is 0 Å². The smallest absolute Gasteiger partial charge is 0.132 e. The molecule has 0 saturated heterocycles. The second kappa shape index (κ2) is 6.03. The number of nitrogens with zero attached hydrogens (tertiary/aromatic N) is 2. The molecule has 0 amide bonds. The SMILES string of the molecule is CC(Cl)c1nc2cc(Br)ccc2n1-c1ccc(Br)cc1Br. The topological polar surface area (TPSA) is 17.8 Å². The van der Waals surface area contributed by atoms with E-state index < -0.39 is 0 Å². The minimum Gasteiger partial charge on any atom is -0.294 e. The van der Waals surface area contributed by atoms with Gasteiger partial charge in [0.1, 0.15) is 5.82 Å². The number of aromatic nitrogens is 2. The van der Waals surface area contributed by atoms with Gasteiger partial charge in [-0.2, -0.15) is 0 Å². The fraction of sp³-hybridized carbons (Fsp3) is 0.133. The molecule has 3 rings (SSSR count). The van der Waals surface area contributed by atoms with E-state index in [1.807, 2.05) is 43.3 Å². The summed E-state index contributed by atoms with van der Waals surface area (Å²) in [5, 5.41) is -0.188. The Morgan fingerprint density at radius 1 is 1.05 bits per heavy atom. The Labute approximate surface area is 152 Å². The second-order valence-electron chi connectivity index (χ2n) is 4.65. The van der Waals surface area contributed by atoms with Gasteiger partial charge < -0.3 is 0 Å². The summed E-state index contributed by atoms with van der Waals surface area (Å²) in [5.41, 5.74) is 2.97. The molecule has 0 fully saturated rings. The van der Waals surface area contributed by atoms with Gasteiger partial charge >= 0.3 is 0 Å². The van der Waals surface area contributed by atoms with Crippen LogP contribution in [0.5, 0.6) is 0 Å². The number of benzene rings is 2. The van der Waals surface area contributed by atoms with Crippen LogP contribution in [0.3, 0.4) is 0 Å². The molecule has 0 aliphatic rings. The molecule has 0 aliphatic heterocycles. The van der Waals surface area contributed by atoms with Gasteiger partial charge in [0.25, 0.3) is 0 Å². The molecule has 2 nitrogen and oxygen atoms in total. The van der Waals surface area contributed by atoms with Crippen molar-refractivity contribution in [3.05, 3.63) is 55.6 Å². The predicted molar refractivity (Wildman–Crippen MR) is 98.4 cm³/mol. The zero-order valence-corrected chi connectivity index (χ0v) is 16.5. The van der Waals surface area contributed by atoms with E-state index in [1.54, 1.807) is 0 Å². The van der Waals surface area contributed by atoms with Crippen molar-refractivity contribution in [2.75, 3.05) is 0 Å². The van der Waals surface area contributed by atoms with Gasteiger partial charge in [0.05, 0.1) is 22.1 Å². The van der Waals surface area contributed by atoms with Gasteiger partial charge in [-0.3, -0.25) is 4.57 Å². The fourth-order valence-electron chi connectivity index (χ4n) is 2.25. The first kappa shape index (κ1) is 15.5. The maximum atomic E-state index is 6.33. The summed E-state index contributed by atoms with van der Waals surface area (Å²) >= 11 is 16.9. The summed E-state index contributed by atoms with van der Waals surface area (Å²) in [5.74, 6) is 0.827. The van der Waals surface area contributed by atoms with Gasteiger partial charge in [-0.05, 0) is 59.3 Å². The Bertz CT molecular complexity index is 827.